The third kappa shape index (κ3) is 6.25. The average molecular weight is 454 g/mol. The first-order chi connectivity index (χ1) is 15.0. The number of anilines is 2. The van der Waals surface area contributed by atoms with E-state index in [2.05, 4.69) is 48.1 Å². The number of alkyl halides is 3. The number of carboxylic acid groups (broad SMARTS) is 1. The second kappa shape index (κ2) is 10.8. The van der Waals surface area contributed by atoms with Gasteiger partial charge in [0, 0.05) is 25.2 Å². The molecule has 0 spiro atoms. The average Bonchev–Trinajstić information content (AvgIpc) is 3.23. The Labute approximate surface area is 187 Å². The molecule has 1 aromatic heterocycles. The first-order valence-electron chi connectivity index (χ1n) is 10.9. The summed E-state index contributed by atoms with van der Waals surface area (Å²) in [7, 11) is 0. The minimum absolute atomic E-state index is 0.0860. The number of aryl methyl sites for hydroxylation is 4. The lowest BCUT2D eigenvalue weighted by Crippen LogP contribution is -2.17. The van der Waals surface area contributed by atoms with Crippen LogP contribution in [0.3, 0.4) is 0 Å². The van der Waals surface area contributed by atoms with Crippen LogP contribution in [0.25, 0.3) is 5.32 Å². The van der Waals surface area contributed by atoms with Gasteiger partial charge in [-0.3, -0.25) is 0 Å². The van der Waals surface area contributed by atoms with Crippen LogP contribution in [0.1, 0.15) is 59.6 Å². The third-order valence-corrected chi connectivity index (χ3v) is 5.19. The van der Waals surface area contributed by atoms with Crippen molar-refractivity contribution in [2.45, 2.75) is 66.6 Å². The van der Waals surface area contributed by atoms with Crippen molar-refractivity contribution >= 4 is 17.6 Å². The van der Waals surface area contributed by atoms with Crippen molar-refractivity contribution in [2.75, 3.05) is 24.5 Å². The zero-order chi connectivity index (χ0) is 24.1. The highest BCUT2D eigenvalue weighted by Gasteiger charge is 2.31. The molecule has 0 bridgehead atoms. The summed E-state index contributed by atoms with van der Waals surface area (Å²) in [5.74, 6) is -0.140. The number of fused-ring (bicyclic) bond motifs is 1. The standard InChI is InChI=1S/C17H21N3O2.C6H11F3N/c1-5-13-15(16(21)22)20-7-6-19(17(20)18-13)14-11(3)8-10(2)9-12(14)4;1-2-4-10-5-3-6(7,8)9/h8-9H,5-7H2,1-4H3,(H,21,22);2-5H2,1H3/q;-1. The fraction of sp³-hybridized carbons (Fsp3) is 0.565. The minimum Gasteiger partial charge on any atom is -0.662 e. The number of hydrogen-bond acceptors (Lipinski definition) is 3. The van der Waals surface area contributed by atoms with E-state index in [0.29, 0.717) is 30.9 Å². The monoisotopic (exact) mass is 453 g/mol. The highest BCUT2D eigenvalue weighted by molar-refractivity contribution is 5.88. The molecule has 1 aliphatic rings. The number of aromatic nitrogens is 2. The van der Waals surface area contributed by atoms with Gasteiger partial charge in [-0.1, -0.05) is 38.0 Å². The largest absolute Gasteiger partial charge is 0.662 e. The molecule has 0 fully saturated rings. The molecule has 2 aromatic rings. The number of nitrogens with zero attached hydrogens (tertiary/aromatic N) is 4. The number of rotatable bonds is 7. The van der Waals surface area contributed by atoms with Crippen LogP contribution in [0.2, 0.25) is 0 Å². The van der Waals surface area contributed by atoms with E-state index in [0.717, 1.165) is 24.6 Å². The van der Waals surface area contributed by atoms with Crippen LogP contribution in [0, 0.1) is 20.8 Å². The van der Waals surface area contributed by atoms with Gasteiger partial charge < -0.3 is 19.9 Å². The van der Waals surface area contributed by atoms with Crippen molar-refractivity contribution in [3.8, 4) is 0 Å². The Morgan fingerprint density at radius 1 is 1.12 bits per heavy atom. The third-order valence-electron chi connectivity index (χ3n) is 5.19. The van der Waals surface area contributed by atoms with E-state index in [4.69, 9.17) is 0 Å². The summed E-state index contributed by atoms with van der Waals surface area (Å²) in [6.07, 6.45) is -3.39. The van der Waals surface area contributed by atoms with Gasteiger partial charge in [0.2, 0.25) is 5.95 Å². The quantitative estimate of drug-likeness (QED) is 0.527. The van der Waals surface area contributed by atoms with Crippen molar-refractivity contribution in [3.63, 3.8) is 0 Å². The number of aromatic carboxylic acids is 1. The molecule has 1 N–H and O–H groups in total. The molecule has 1 aliphatic heterocycles. The lowest BCUT2D eigenvalue weighted by atomic mass is 10.0. The van der Waals surface area contributed by atoms with Crippen molar-refractivity contribution in [1.82, 2.24) is 9.55 Å². The van der Waals surface area contributed by atoms with E-state index in [9.17, 15) is 23.1 Å². The Hall–Kier alpha value is -2.55. The molecule has 0 saturated carbocycles. The van der Waals surface area contributed by atoms with E-state index in [1.54, 1.807) is 0 Å². The summed E-state index contributed by atoms with van der Waals surface area (Å²) in [4.78, 5) is 18.3. The summed E-state index contributed by atoms with van der Waals surface area (Å²) in [6.45, 7) is 12.0. The molecular formula is C23H32F3N4O2-. The Morgan fingerprint density at radius 3 is 2.25 bits per heavy atom. The molecule has 2 heterocycles. The van der Waals surface area contributed by atoms with Gasteiger partial charge in [-0.05, 0) is 38.3 Å². The van der Waals surface area contributed by atoms with E-state index >= 15 is 0 Å². The summed E-state index contributed by atoms with van der Waals surface area (Å²) in [6, 6.07) is 4.32. The van der Waals surface area contributed by atoms with Crippen molar-refractivity contribution in [2.24, 2.45) is 0 Å². The Bertz CT molecular complexity index is 915. The first kappa shape index (κ1) is 25.7. The van der Waals surface area contributed by atoms with Crippen LogP contribution >= 0.6 is 0 Å². The summed E-state index contributed by atoms with van der Waals surface area (Å²) >= 11 is 0. The van der Waals surface area contributed by atoms with Gasteiger partial charge in [-0.15, -0.1) is 13.1 Å². The second-order valence-electron chi connectivity index (χ2n) is 7.95. The molecule has 178 valence electrons. The molecule has 6 nitrogen and oxygen atoms in total. The fourth-order valence-electron chi connectivity index (χ4n) is 3.98. The number of hydrogen-bond donors (Lipinski definition) is 1. The Balaban J connectivity index is 0.000000309. The van der Waals surface area contributed by atoms with Crippen LogP contribution < -0.4 is 4.90 Å². The lowest BCUT2D eigenvalue weighted by Gasteiger charge is -2.22. The topological polar surface area (TPSA) is 72.5 Å². The van der Waals surface area contributed by atoms with Crippen LogP contribution in [-0.4, -0.2) is 46.4 Å². The predicted octanol–water partition coefficient (Wildman–Crippen LogP) is 5.94. The molecule has 0 radical (unpaired) electrons. The number of benzene rings is 1. The first-order valence-corrected chi connectivity index (χ1v) is 10.9. The van der Waals surface area contributed by atoms with Crippen LogP contribution in [0.4, 0.5) is 24.8 Å². The van der Waals surface area contributed by atoms with E-state index in [1.165, 1.54) is 16.7 Å². The molecule has 0 amide bonds. The van der Waals surface area contributed by atoms with Crippen LogP contribution in [0.5, 0.6) is 0 Å². The second-order valence-corrected chi connectivity index (χ2v) is 7.95. The molecule has 0 saturated heterocycles. The molecule has 9 heteroatoms. The van der Waals surface area contributed by atoms with Gasteiger partial charge in [0.15, 0.2) is 5.69 Å². The number of imidazole rings is 1. The summed E-state index contributed by atoms with van der Waals surface area (Å²) < 4.78 is 36.1. The van der Waals surface area contributed by atoms with E-state index in [1.807, 2.05) is 18.4 Å². The van der Waals surface area contributed by atoms with Crippen LogP contribution in [0.15, 0.2) is 12.1 Å². The zero-order valence-electron chi connectivity index (χ0n) is 19.4. The Morgan fingerprint density at radius 2 is 1.75 bits per heavy atom. The van der Waals surface area contributed by atoms with Gasteiger partial charge in [-0.25, -0.2) is 9.78 Å². The predicted molar refractivity (Wildman–Crippen MR) is 120 cm³/mol. The number of halogens is 3. The summed E-state index contributed by atoms with van der Waals surface area (Å²) in [5.41, 5.74) is 5.78. The molecular weight excluding hydrogens is 421 g/mol. The lowest BCUT2D eigenvalue weighted by molar-refractivity contribution is -0.131. The summed E-state index contributed by atoms with van der Waals surface area (Å²) in [5, 5.41) is 13.1. The van der Waals surface area contributed by atoms with Gasteiger partial charge in [0.25, 0.3) is 0 Å². The number of carbonyl (C=O) groups is 1. The Kier molecular flexibility index (Phi) is 8.72. The highest BCUT2D eigenvalue weighted by atomic mass is 19.4. The van der Waals surface area contributed by atoms with Crippen molar-refractivity contribution in [3.05, 3.63) is 45.5 Å². The zero-order valence-corrected chi connectivity index (χ0v) is 19.4. The van der Waals surface area contributed by atoms with Crippen molar-refractivity contribution in [1.29, 1.82) is 0 Å². The smallest absolute Gasteiger partial charge is 0.387 e. The molecule has 3 rings (SSSR count). The number of carboxylic acids is 1. The molecule has 0 aliphatic carbocycles. The molecule has 0 unspecified atom stereocenters. The van der Waals surface area contributed by atoms with E-state index < -0.39 is 18.6 Å². The molecule has 1 aromatic carbocycles. The van der Waals surface area contributed by atoms with Gasteiger partial charge in [0.05, 0.1) is 5.69 Å². The van der Waals surface area contributed by atoms with Crippen molar-refractivity contribution < 1.29 is 23.1 Å². The maximum atomic E-state index is 11.5. The molecule has 0 atom stereocenters. The normalized spacial score (nSPS) is 13.1. The SMILES string of the molecule is CCC[N-]CCC(F)(F)F.CCc1nc2n(c1C(=O)O)CCN2c1c(C)cc(C)cc1C. The minimum atomic E-state index is -4.04. The van der Waals surface area contributed by atoms with Gasteiger partial charge in [0.1, 0.15) is 0 Å². The van der Waals surface area contributed by atoms with Crippen LogP contribution in [-0.2, 0) is 13.0 Å². The maximum Gasteiger partial charge on any atom is 0.387 e. The maximum absolute atomic E-state index is 11.5. The fourth-order valence-corrected chi connectivity index (χ4v) is 3.98. The highest BCUT2D eigenvalue weighted by Crippen LogP contribution is 2.36. The van der Waals surface area contributed by atoms with Gasteiger partial charge >= 0.3 is 12.1 Å². The molecule has 32 heavy (non-hydrogen) atoms. The van der Waals surface area contributed by atoms with E-state index in [-0.39, 0.29) is 6.54 Å². The van der Waals surface area contributed by atoms with Gasteiger partial charge in [-0.2, -0.15) is 13.2 Å².